The number of piperidine rings is 1. The average molecular weight is 266 g/mol. The highest BCUT2D eigenvalue weighted by Crippen LogP contribution is 2.30. The number of hydrogen-bond acceptors (Lipinski definition) is 3. The molecule has 1 fully saturated rings. The molecule has 2 rings (SSSR count). The zero-order chi connectivity index (χ0) is 13.8. The van der Waals surface area contributed by atoms with Crippen molar-refractivity contribution in [2.45, 2.75) is 25.8 Å². The summed E-state index contributed by atoms with van der Waals surface area (Å²) in [5.74, 6) is 0.325. The molecule has 0 saturated carbocycles. The largest absolute Gasteiger partial charge is 0.384 e. The summed E-state index contributed by atoms with van der Waals surface area (Å²) >= 11 is 0. The molecule has 1 aliphatic heterocycles. The fraction of sp³-hybridized carbons (Fsp3) is 0.600. The first-order valence-corrected chi connectivity index (χ1v) is 6.90. The molecule has 106 valence electrons. The van der Waals surface area contributed by atoms with Gasteiger partial charge in [0.05, 0.1) is 6.61 Å². The Morgan fingerprint density at radius 3 is 3.00 bits per heavy atom. The standard InChI is InChI=1S/C15H23FN2O/c1-11(17)14-8-13(16)5-6-15(14)18-7-3-4-12(9-18)10-19-2/h5-6,8,11-12H,3-4,7,9-10,17H2,1-2H3/t11-,12?/m1/s1. The van der Waals surface area contributed by atoms with Gasteiger partial charge in [0.2, 0.25) is 0 Å². The molecular formula is C15H23FN2O. The Labute approximate surface area is 114 Å². The number of anilines is 1. The van der Waals surface area contributed by atoms with Gasteiger partial charge in [-0.2, -0.15) is 0 Å². The van der Waals surface area contributed by atoms with Crippen molar-refractivity contribution >= 4 is 5.69 Å². The summed E-state index contributed by atoms with van der Waals surface area (Å²) in [6, 6.07) is 4.76. The third kappa shape index (κ3) is 3.45. The quantitative estimate of drug-likeness (QED) is 0.910. The molecule has 1 heterocycles. The maximum Gasteiger partial charge on any atom is 0.123 e. The van der Waals surface area contributed by atoms with Crippen LogP contribution in [0.4, 0.5) is 10.1 Å². The van der Waals surface area contributed by atoms with E-state index in [1.165, 1.54) is 12.5 Å². The second-order valence-corrected chi connectivity index (χ2v) is 5.40. The second-order valence-electron chi connectivity index (χ2n) is 5.40. The number of nitrogens with zero attached hydrogens (tertiary/aromatic N) is 1. The van der Waals surface area contributed by atoms with Gasteiger partial charge in [-0.05, 0) is 49.4 Å². The normalized spacial score (nSPS) is 21.5. The number of nitrogens with two attached hydrogens (primary N) is 1. The fourth-order valence-corrected chi connectivity index (χ4v) is 2.83. The molecule has 1 aromatic rings. The Balaban J connectivity index is 2.20. The van der Waals surface area contributed by atoms with Crippen molar-refractivity contribution < 1.29 is 9.13 Å². The Bertz CT molecular complexity index is 421. The Morgan fingerprint density at radius 2 is 2.32 bits per heavy atom. The number of benzene rings is 1. The molecule has 0 aromatic heterocycles. The smallest absolute Gasteiger partial charge is 0.123 e. The number of methoxy groups -OCH3 is 1. The minimum absolute atomic E-state index is 0.159. The maximum absolute atomic E-state index is 13.4. The highest BCUT2D eigenvalue weighted by Gasteiger charge is 2.22. The van der Waals surface area contributed by atoms with Crippen LogP contribution in [0.3, 0.4) is 0 Å². The molecule has 1 aliphatic rings. The third-order valence-corrected chi connectivity index (χ3v) is 3.74. The molecule has 19 heavy (non-hydrogen) atoms. The van der Waals surface area contributed by atoms with Crippen LogP contribution >= 0.6 is 0 Å². The first kappa shape index (κ1) is 14.3. The molecule has 2 atom stereocenters. The van der Waals surface area contributed by atoms with E-state index in [9.17, 15) is 4.39 Å². The Hall–Kier alpha value is -1.13. The molecule has 1 unspecified atom stereocenters. The predicted octanol–water partition coefficient (Wildman–Crippen LogP) is 2.71. The van der Waals surface area contributed by atoms with Gasteiger partial charge in [0.15, 0.2) is 0 Å². The van der Waals surface area contributed by atoms with Gasteiger partial charge in [0, 0.05) is 31.9 Å². The molecule has 0 aliphatic carbocycles. The highest BCUT2D eigenvalue weighted by molar-refractivity contribution is 5.55. The molecule has 3 nitrogen and oxygen atoms in total. The molecule has 0 spiro atoms. The van der Waals surface area contributed by atoms with Crippen LogP contribution in [0.5, 0.6) is 0 Å². The first-order valence-electron chi connectivity index (χ1n) is 6.90. The van der Waals surface area contributed by atoms with E-state index in [1.54, 1.807) is 13.2 Å². The minimum atomic E-state index is -0.221. The van der Waals surface area contributed by atoms with Gasteiger partial charge in [-0.1, -0.05) is 0 Å². The Morgan fingerprint density at radius 1 is 1.53 bits per heavy atom. The topological polar surface area (TPSA) is 38.5 Å². The van der Waals surface area contributed by atoms with Gasteiger partial charge in [0.1, 0.15) is 5.82 Å². The van der Waals surface area contributed by atoms with Crippen molar-refractivity contribution in [3.05, 3.63) is 29.6 Å². The lowest BCUT2D eigenvalue weighted by Gasteiger charge is -2.35. The average Bonchev–Trinajstić information content (AvgIpc) is 2.39. The van der Waals surface area contributed by atoms with E-state index in [-0.39, 0.29) is 11.9 Å². The van der Waals surface area contributed by atoms with E-state index in [0.717, 1.165) is 37.4 Å². The molecule has 0 bridgehead atoms. The van der Waals surface area contributed by atoms with Gasteiger partial charge < -0.3 is 15.4 Å². The van der Waals surface area contributed by atoms with Gasteiger partial charge in [-0.25, -0.2) is 4.39 Å². The minimum Gasteiger partial charge on any atom is -0.384 e. The summed E-state index contributed by atoms with van der Waals surface area (Å²) in [6.07, 6.45) is 2.34. The summed E-state index contributed by atoms with van der Waals surface area (Å²) in [7, 11) is 1.74. The molecular weight excluding hydrogens is 243 g/mol. The van der Waals surface area contributed by atoms with E-state index in [1.807, 2.05) is 13.0 Å². The SMILES string of the molecule is COCC1CCCN(c2ccc(F)cc2[C@@H](C)N)C1. The van der Waals surface area contributed by atoms with Crippen LogP contribution < -0.4 is 10.6 Å². The molecule has 0 radical (unpaired) electrons. The van der Waals surface area contributed by atoms with E-state index in [0.29, 0.717) is 5.92 Å². The van der Waals surface area contributed by atoms with Crippen LogP contribution in [-0.4, -0.2) is 26.8 Å². The fourth-order valence-electron chi connectivity index (χ4n) is 2.83. The summed E-state index contributed by atoms with van der Waals surface area (Å²) in [4.78, 5) is 2.31. The van der Waals surface area contributed by atoms with Crippen LogP contribution in [0, 0.1) is 11.7 Å². The summed E-state index contributed by atoms with van der Waals surface area (Å²) in [6.45, 7) is 4.64. The van der Waals surface area contributed by atoms with Crippen LogP contribution in [0.25, 0.3) is 0 Å². The summed E-state index contributed by atoms with van der Waals surface area (Å²) in [5, 5.41) is 0. The molecule has 4 heteroatoms. The van der Waals surface area contributed by atoms with Crippen LogP contribution in [0.1, 0.15) is 31.4 Å². The number of rotatable bonds is 4. The van der Waals surface area contributed by atoms with Gasteiger partial charge in [0.25, 0.3) is 0 Å². The zero-order valence-corrected chi connectivity index (χ0v) is 11.7. The van der Waals surface area contributed by atoms with Gasteiger partial charge in [-0.15, -0.1) is 0 Å². The zero-order valence-electron chi connectivity index (χ0n) is 11.7. The lowest BCUT2D eigenvalue weighted by atomic mass is 9.96. The van der Waals surface area contributed by atoms with Crippen molar-refractivity contribution in [3.63, 3.8) is 0 Å². The van der Waals surface area contributed by atoms with Gasteiger partial charge in [-0.3, -0.25) is 0 Å². The number of hydrogen-bond donors (Lipinski definition) is 1. The van der Waals surface area contributed by atoms with E-state index < -0.39 is 0 Å². The predicted molar refractivity (Wildman–Crippen MR) is 75.8 cm³/mol. The molecule has 0 amide bonds. The van der Waals surface area contributed by atoms with E-state index in [4.69, 9.17) is 10.5 Å². The monoisotopic (exact) mass is 266 g/mol. The van der Waals surface area contributed by atoms with Gasteiger partial charge >= 0.3 is 0 Å². The lowest BCUT2D eigenvalue weighted by molar-refractivity contribution is 0.143. The lowest BCUT2D eigenvalue weighted by Crippen LogP contribution is -2.38. The maximum atomic E-state index is 13.4. The summed E-state index contributed by atoms with van der Waals surface area (Å²) < 4.78 is 18.6. The highest BCUT2D eigenvalue weighted by atomic mass is 19.1. The number of halogens is 1. The summed E-state index contributed by atoms with van der Waals surface area (Å²) in [5.41, 5.74) is 7.92. The van der Waals surface area contributed by atoms with Crippen molar-refractivity contribution in [2.24, 2.45) is 11.7 Å². The van der Waals surface area contributed by atoms with Crippen molar-refractivity contribution in [1.29, 1.82) is 0 Å². The molecule has 1 saturated heterocycles. The number of ether oxygens (including phenoxy) is 1. The Kier molecular flexibility index (Phi) is 4.77. The van der Waals surface area contributed by atoms with E-state index >= 15 is 0 Å². The van der Waals surface area contributed by atoms with Crippen LogP contribution in [-0.2, 0) is 4.74 Å². The van der Waals surface area contributed by atoms with Crippen molar-refractivity contribution in [3.8, 4) is 0 Å². The first-order chi connectivity index (χ1) is 9.11. The van der Waals surface area contributed by atoms with Crippen LogP contribution in [0.2, 0.25) is 0 Å². The van der Waals surface area contributed by atoms with Crippen LogP contribution in [0.15, 0.2) is 18.2 Å². The molecule has 2 N–H and O–H groups in total. The third-order valence-electron chi connectivity index (χ3n) is 3.74. The van der Waals surface area contributed by atoms with Crippen molar-refractivity contribution in [1.82, 2.24) is 0 Å². The van der Waals surface area contributed by atoms with E-state index in [2.05, 4.69) is 4.90 Å². The second kappa shape index (κ2) is 6.35. The van der Waals surface area contributed by atoms with Crippen molar-refractivity contribution in [2.75, 3.05) is 31.7 Å². The molecule has 1 aromatic carbocycles.